The van der Waals surface area contributed by atoms with Crippen LogP contribution in [-0.2, 0) is 20.6 Å². The van der Waals surface area contributed by atoms with E-state index in [0.717, 1.165) is 7.11 Å². The second kappa shape index (κ2) is 10.6. The Kier molecular flexibility index (Phi) is 7.89. The molecule has 0 aliphatic heterocycles. The molecule has 0 unspecified atom stereocenters. The maximum Gasteiger partial charge on any atom is 0.458 e. The zero-order valence-corrected chi connectivity index (χ0v) is 20.0. The lowest BCUT2D eigenvalue weighted by Gasteiger charge is -2.19. The molecule has 1 N–H and O–H groups in total. The van der Waals surface area contributed by atoms with E-state index in [2.05, 4.69) is 20.4 Å². The average molecular weight is 539 g/mol. The Labute approximate surface area is 208 Å². The van der Waals surface area contributed by atoms with Gasteiger partial charge in [0.2, 0.25) is 0 Å². The molecule has 2 aromatic heterocycles. The Bertz CT molecular complexity index is 1470. The first kappa shape index (κ1) is 27.6. The predicted molar refractivity (Wildman–Crippen MR) is 123 cm³/mol. The number of aromatic nitrogens is 2. The van der Waals surface area contributed by atoms with Gasteiger partial charge >= 0.3 is 12.1 Å². The lowest BCUT2D eigenvalue weighted by atomic mass is 10.1. The van der Waals surface area contributed by atoms with Crippen LogP contribution in [-0.4, -0.2) is 43.3 Å². The van der Waals surface area contributed by atoms with E-state index in [1.54, 1.807) is 12.1 Å². The molecule has 14 heteroatoms. The van der Waals surface area contributed by atoms with Crippen LogP contribution >= 0.6 is 0 Å². The van der Waals surface area contributed by atoms with Gasteiger partial charge < -0.3 is 0 Å². The first-order valence-electron chi connectivity index (χ1n) is 10.4. The van der Waals surface area contributed by atoms with Crippen molar-refractivity contribution in [2.24, 2.45) is 4.99 Å². The van der Waals surface area contributed by atoms with E-state index in [0.29, 0.717) is 35.0 Å². The average Bonchev–Trinajstić information content (AvgIpc) is 2.87. The van der Waals surface area contributed by atoms with Gasteiger partial charge in [0.1, 0.15) is 5.69 Å². The SMILES string of the molecule is CCS(=O)(=O)c1cc(-c2ccc(C#N)cc2)cnc1C(=Nc1cc(C(F)(F)C(F)(F)F)ccn1)NOC. The molecule has 0 radical (unpaired) electrons. The lowest BCUT2D eigenvalue weighted by molar-refractivity contribution is -0.289. The highest BCUT2D eigenvalue weighted by Gasteiger charge is 2.58. The summed E-state index contributed by atoms with van der Waals surface area (Å²) in [6, 6.07) is 10.4. The zero-order valence-electron chi connectivity index (χ0n) is 19.2. The Morgan fingerprint density at radius 1 is 1.08 bits per heavy atom. The van der Waals surface area contributed by atoms with Crippen LogP contribution in [0.15, 0.2) is 64.7 Å². The van der Waals surface area contributed by atoms with Gasteiger partial charge in [-0.15, -0.1) is 0 Å². The number of hydroxylamine groups is 1. The van der Waals surface area contributed by atoms with Crippen molar-refractivity contribution < 1.29 is 35.2 Å². The molecule has 1 aromatic carbocycles. The summed E-state index contributed by atoms with van der Waals surface area (Å²) in [5.41, 5.74) is 1.91. The smallest absolute Gasteiger partial charge is 0.278 e. The second-order valence-electron chi connectivity index (χ2n) is 7.40. The largest absolute Gasteiger partial charge is 0.458 e. The van der Waals surface area contributed by atoms with Crippen LogP contribution in [0.2, 0.25) is 0 Å². The van der Waals surface area contributed by atoms with Gasteiger partial charge in [0.15, 0.2) is 21.5 Å². The summed E-state index contributed by atoms with van der Waals surface area (Å²) in [6.45, 7) is 1.39. The molecule has 0 saturated heterocycles. The van der Waals surface area contributed by atoms with Crippen molar-refractivity contribution >= 4 is 21.5 Å². The highest BCUT2D eigenvalue weighted by molar-refractivity contribution is 7.91. The van der Waals surface area contributed by atoms with Crippen LogP contribution < -0.4 is 5.48 Å². The first-order valence-corrected chi connectivity index (χ1v) is 12.0. The van der Waals surface area contributed by atoms with Gasteiger partial charge in [-0.3, -0.25) is 9.82 Å². The highest BCUT2D eigenvalue weighted by atomic mass is 32.2. The molecule has 194 valence electrons. The summed E-state index contributed by atoms with van der Waals surface area (Å²) < 4.78 is 91.9. The summed E-state index contributed by atoms with van der Waals surface area (Å²) in [5, 5.41) is 8.98. The fourth-order valence-electron chi connectivity index (χ4n) is 3.08. The summed E-state index contributed by atoms with van der Waals surface area (Å²) in [6.07, 6.45) is -3.84. The van der Waals surface area contributed by atoms with Gasteiger partial charge in [-0.05, 0) is 35.9 Å². The number of sulfone groups is 1. The first-order chi connectivity index (χ1) is 17.3. The molecule has 0 aliphatic rings. The standard InChI is InChI=1S/C23H18F5N5O3S/c1-3-37(34,35)18-10-16(15-6-4-14(12-29)5-7-15)13-31-20(18)21(33-36-2)32-19-11-17(8-9-30-19)22(24,25)23(26,27)28/h4-11,13H,3H2,1-2H3,(H,30,32,33). The van der Waals surface area contributed by atoms with Crippen LogP contribution in [0.25, 0.3) is 11.1 Å². The topological polar surface area (TPSA) is 117 Å². The molecular formula is C23H18F5N5O3S. The minimum Gasteiger partial charge on any atom is -0.278 e. The Balaban J connectivity index is 2.18. The molecule has 0 saturated carbocycles. The van der Waals surface area contributed by atoms with E-state index in [4.69, 9.17) is 10.1 Å². The molecule has 2 heterocycles. The summed E-state index contributed by atoms with van der Waals surface area (Å²) >= 11 is 0. The van der Waals surface area contributed by atoms with E-state index in [1.165, 1.54) is 31.3 Å². The van der Waals surface area contributed by atoms with Gasteiger partial charge in [0, 0.05) is 23.5 Å². The van der Waals surface area contributed by atoms with Gasteiger partial charge in [-0.25, -0.2) is 23.9 Å². The number of pyridine rings is 2. The number of nitrogens with one attached hydrogen (secondary N) is 1. The second-order valence-corrected chi connectivity index (χ2v) is 9.65. The number of benzene rings is 1. The van der Waals surface area contributed by atoms with Crippen molar-refractivity contribution in [3.05, 3.63) is 71.7 Å². The molecule has 0 atom stereocenters. The van der Waals surface area contributed by atoms with Gasteiger partial charge in [-0.2, -0.15) is 27.2 Å². The number of alkyl halides is 5. The summed E-state index contributed by atoms with van der Waals surface area (Å²) in [7, 11) is -2.81. The van der Waals surface area contributed by atoms with E-state index in [1.807, 2.05) is 6.07 Å². The highest BCUT2D eigenvalue weighted by Crippen LogP contribution is 2.44. The van der Waals surface area contributed by atoms with E-state index < -0.39 is 39.2 Å². The number of nitrogens with zero attached hydrogens (tertiary/aromatic N) is 4. The molecule has 3 rings (SSSR count). The van der Waals surface area contributed by atoms with Crippen LogP contribution in [0.5, 0.6) is 0 Å². The number of amidine groups is 1. The number of hydrogen-bond acceptors (Lipinski definition) is 7. The maximum atomic E-state index is 13.8. The van der Waals surface area contributed by atoms with Crippen molar-refractivity contribution in [2.45, 2.75) is 23.9 Å². The lowest BCUT2D eigenvalue weighted by Crippen LogP contribution is -2.33. The molecule has 0 bridgehead atoms. The van der Waals surface area contributed by atoms with Crippen molar-refractivity contribution in [2.75, 3.05) is 12.9 Å². The number of nitriles is 1. The number of hydrogen-bond donors (Lipinski definition) is 1. The van der Waals surface area contributed by atoms with Gasteiger partial charge in [-0.1, -0.05) is 19.1 Å². The number of rotatable bonds is 7. The Hall–Kier alpha value is -3.96. The third kappa shape index (κ3) is 5.89. The summed E-state index contributed by atoms with van der Waals surface area (Å²) in [4.78, 5) is 16.3. The predicted octanol–water partition coefficient (Wildman–Crippen LogP) is 4.69. The van der Waals surface area contributed by atoms with Crippen LogP contribution in [0.1, 0.15) is 23.7 Å². The van der Waals surface area contributed by atoms with E-state index in [-0.39, 0.29) is 16.3 Å². The molecule has 0 aliphatic carbocycles. The Morgan fingerprint density at radius 2 is 1.76 bits per heavy atom. The minimum atomic E-state index is -5.85. The van der Waals surface area contributed by atoms with Gasteiger partial charge in [0.25, 0.3) is 0 Å². The van der Waals surface area contributed by atoms with Crippen molar-refractivity contribution in [3.63, 3.8) is 0 Å². The molecule has 0 fully saturated rings. The Morgan fingerprint density at radius 3 is 2.32 bits per heavy atom. The third-order valence-electron chi connectivity index (χ3n) is 5.03. The fraction of sp³-hybridized carbons (Fsp3) is 0.217. The number of halogens is 5. The zero-order chi connectivity index (χ0) is 27.4. The van der Waals surface area contributed by atoms with Crippen molar-refractivity contribution in [1.82, 2.24) is 15.4 Å². The van der Waals surface area contributed by atoms with Crippen LogP contribution in [0, 0.1) is 11.3 Å². The molecule has 0 spiro atoms. The maximum absolute atomic E-state index is 13.8. The van der Waals surface area contributed by atoms with E-state index in [9.17, 15) is 30.4 Å². The fourth-order valence-corrected chi connectivity index (χ4v) is 4.15. The van der Waals surface area contributed by atoms with Gasteiger partial charge in [0.05, 0.1) is 29.4 Å². The molecule has 8 nitrogen and oxygen atoms in total. The molecule has 0 amide bonds. The summed E-state index contributed by atoms with van der Waals surface area (Å²) in [5.74, 6) is -6.50. The molecule has 37 heavy (non-hydrogen) atoms. The minimum absolute atomic E-state index is 0.282. The number of aliphatic imine (C=N–C) groups is 1. The quantitative estimate of drug-likeness (QED) is 0.200. The molecular weight excluding hydrogens is 521 g/mol. The van der Waals surface area contributed by atoms with Crippen molar-refractivity contribution in [3.8, 4) is 17.2 Å². The normalized spacial score (nSPS) is 12.8. The monoisotopic (exact) mass is 539 g/mol. The van der Waals surface area contributed by atoms with Crippen LogP contribution in [0.4, 0.5) is 27.8 Å². The molecule has 3 aromatic rings. The van der Waals surface area contributed by atoms with Crippen molar-refractivity contribution in [1.29, 1.82) is 5.26 Å². The third-order valence-corrected chi connectivity index (χ3v) is 6.77. The van der Waals surface area contributed by atoms with Crippen LogP contribution in [0.3, 0.4) is 0 Å². The van der Waals surface area contributed by atoms with E-state index >= 15 is 0 Å².